The van der Waals surface area contributed by atoms with Gasteiger partial charge in [-0.15, -0.1) is 11.3 Å². The second-order valence-electron chi connectivity index (χ2n) is 15.9. The van der Waals surface area contributed by atoms with Crippen LogP contribution in [-0.4, -0.2) is 15.0 Å². The van der Waals surface area contributed by atoms with E-state index in [1.165, 1.54) is 42.4 Å². The van der Waals surface area contributed by atoms with E-state index in [0.717, 1.165) is 67.6 Å². The number of benzene rings is 8. The van der Waals surface area contributed by atoms with Gasteiger partial charge in [0.15, 0.2) is 11.6 Å². The van der Waals surface area contributed by atoms with Gasteiger partial charge in [-0.05, 0) is 81.3 Å². The highest BCUT2D eigenvalue weighted by Gasteiger charge is 2.20. The molecule has 0 N–H and O–H groups in total. The number of thiophene rings is 1. The summed E-state index contributed by atoms with van der Waals surface area (Å²) >= 11 is 1.84. The summed E-state index contributed by atoms with van der Waals surface area (Å²) in [5.74, 6) is 2.11. The van der Waals surface area contributed by atoms with Crippen LogP contribution in [0, 0.1) is 0 Å². The maximum atomic E-state index is 6.61. The molecule has 1 atom stereocenters. The molecule has 3 aromatic heterocycles. The Morgan fingerprint density at radius 1 is 0.435 bits per heavy atom. The summed E-state index contributed by atoms with van der Waals surface area (Å²) in [7, 11) is 0. The second kappa shape index (κ2) is 15.1. The average molecular weight is 812 g/mol. The van der Waals surface area contributed by atoms with E-state index in [4.69, 9.17) is 19.4 Å². The van der Waals surface area contributed by atoms with Crippen molar-refractivity contribution in [2.75, 3.05) is 0 Å². The molecule has 0 radical (unpaired) electrons. The lowest BCUT2D eigenvalue weighted by Gasteiger charge is -2.17. The van der Waals surface area contributed by atoms with Crippen LogP contribution in [0.15, 0.2) is 211 Å². The normalized spacial score (nSPS) is 13.9. The largest absolute Gasteiger partial charge is 0.456 e. The molecule has 12 rings (SSSR count). The minimum Gasteiger partial charge on any atom is -0.456 e. The SMILES string of the molecule is C1=CC(c2nc(-c3ccc(-c4ccccc4)cc3)nc(-c3ccc(-c4cccc5oc6cc(-c7cccc8sc9ccccc9c78)ccc6c45)cc3)n2)CC=C1c1ccccc1. The zero-order valence-electron chi connectivity index (χ0n) is 33.6. The Hall–Kier alpha value is -7.73. The molecule has 5 heteroatoms. The third-order valence-electron chi connectivity index (χ3n) is 12.1. The fourth-order valence-electron chi connectivity index (χ4n) is 8.96. The zero-order valence-corrected chi connectivity index (χ0v) is 34.4. The Morgan fingerprint density at radius 3 is 1.76 bits per heavy atom. The predicted octanol–water partition coefficient (Wildman–Crippen LogP) is 15.6. The quantitative estimate of drug-likeness (QED) is 0.161. The maximum absolute atomic E-state index is 6.61. The molecule has 0 saturated carbocycles. The monoisotopic (exact) mass is 811 g/mol. The smallest absolute Gasteiger partial charge is 0.163 e. The molecule has 0 saturated heterocycles. The van der Waals surface area contributed by atoms with Crippen molar-refractivity contribution in [2.24, 2.45) is 0 Å². The summed E-state index contributed by atoms with van der Waals surface area (Å²) < 4.78 is 9.20. The topological polar surface area (TPSA) is 51.8 Å². The number of hydrogen-bond donors (Lipinski definition) is 0. The van der Waals surface area contributed by atoms with Crippen LogP contribution < -0.4 is 0 Å². The molecular formula is C57H37N3OS. The Kier molecular flexibility index (Phi) is 8.79. The minimum absolute atomic E-state index is 0.0239. The van der Waals surface area contributed by atoms with Gasteiger partial charge in [0.05, 0.1) is 0 Å². The van der Waals surface area contributed by atoms with E-state index in [1.807, 2.05) is 17.4 Å². The molecule has 4 nitrogen and oxygen atoms in total. The van der Waals surface area contributed by atoms with E-state index in [-0.39, 0.29) is 5.92 Å². The van der Waals surface area contributed by atoms with Gasteiger partial charge in [0.2, 0.25) is 0 Å². The van der Waals surface area contributed by atoms with Crippen molar-refractivity contribution in [1.29, 1.82) is 0 Å². The van der Waals surface area contributed by atoms with Crippen molar-refractivity contribution in [1.82, 2.24) is 15.0 Å². The van der Waals surface area contributed by atoms with Gasteiger partial charge in [-0.3, -0.25) is 0 Å². The molecule has 62 heavy (non-hydrogen) atoms. The van der Waals surface area contributed by atoms with E-state index >= 15 is 0 Å². The van der Waals surface area contributed by atoms with E-state index in [0.29, 0.717) is 11.6 Å². The highest BCUT2D eigenvalue weighted by molar-refractivity contribution is 7.25. The molecule has 0 spiro atoms. The number of nitrogens with zero attached hydrogens (tertiary/aromatic N) is 3. The molecule has 0 amide bonds. The van der Waals surface area contributed by atoms with Gasteiger partial charge < -0.3 is 4.42 Å². The standard InChI is InChI=1S/C57H37N3OS/c1-3-11-36(12-4-1)38-21-27-41(28-22-38)55-58-56(42-29-23-39(24-30-42)37-13-5-2-6-14-37)60-57(59-55)43-31-25-40(26-32-43)45-16-9-18-49-53(45)47-34-33-44(35-50(47)61-49)46-17-10-20-52-54(46)48-15-7-8-19-51(48)62-52/h1-29,31-35,42H,30H2. The first-order valence-corrected chi connectivity index (χ1v) is 21.8. The number of hydrogen-bond acceptors (Lipinski definition) is 5. The van der Waals surface area contributed by atoms with Crippen molar-refractivity contribution in [2.45, 2.75) is 12.3 Å². The highest BCUT2D eigenvalue weighted by Crippen LogP contribution is 2.43. The summed E-state index contributed by atoms with van der Waals surface area (Å²) in [5.41, 5.74) is 13.0. The van der Waals surface area contributed by atoms with Crippen LogP contribution >= 0.6 is 11.3 Å². The van der Waals surface area contributed by atoms with Crippen molar-refractivity contribution in [3.05, 3.63) is 218 Å². The zero-order chi connectivity index (χ0) is 41.0. The van der Waals surface area contributed by atoms with Gasteiger partial charge >= 0.3 is 0 Å². The van der Waals surface area contributed by atoms with Crippen LogP contribution in [0.1, 0.15) is 23.7 Å². The molecule has 3 heterocycles. The average Bonchev–Trinajstić information content (AvgIpc) is 3.93. The third kappa shape index (κ3) is 6.42. The number of furan rings is 1. The molecule has 0 fully saturated rings. The molecule has 0 bridgehead atoms. The van der Waals surface area contributed by atoms with Gasteiger partial charge in [-0.2, -0.15) is 0 Å². The maximum Gasteiger partial charge on any atom is 0.163 e. The molecule has 1 unspecified atom stereocenters. The van der Waals surface area contributed by atoms with E-state index in [1.54, 1.807) is 0 Å². The van der Waals surface area contributed by atoms with Crippen molar-refractivity contribution >= 4 is 59.0 Å². The van der Waals surface area contributed by atoms with Crippen LogP contribution in [0.5, 0.6) is 0 Å². The first kappa shape index (κ1) is 36.1. The Labute approximate surface area is 362 Å². The highest BCUT2D eigenvalue weighted by atomic mass is 32.1. The van der Waals surface area contributed by atoms with Crippen molar-refractivity contribution in [3.63, 3.8) is 0 Å². The molecule has 292 valence electrons. The Bertz CT molecular complexity index is 3530. The summed E-state index contributed by atoms with van der Waals surface area (Å²) in [6.45, 7) is 0. The van der Waals surface area contributed by atoms with E-state index in [9.17, 15) is 0 Å². The van der Waals surface area contributed by atoms with Gasteiger partial charge in [-0.25, -0.2) is 15.0 Å². The van der Waals surface area contributed by atoms with Gasteiger partial charge in [0, 0.05) is 48.0 Å². The van der Waals surface area contributed by atoms with Crippen molar-refractivity contribution in [3.8, 4) is 56.2 Å². The number of fused-ring (bicyclic) bond motifs is 6. The summed E-state index contributed by atoms with van der Waals surface area (Å²) in [6, 6.07) is 66.3. The lowest BCUT2D eigenvalue weighted by molar-refractivity contribution is 0.669. The molecular weight excluding hydrogens is 775 g/mol. The van der Waals surface area contributed by atoms with Gasteiger partial charge in [-0.1, -0.05) is 176 Å². The molecule has 1 aliphatic rings. The molecule has 1 aliphatic carbocycles. The Balaban J connectivity index is 0.903. The Morgan fingerprint density at radius 2 is 1.03 bits per heavy atom. The summed E-state index contributed by atoms with van der Waals surface area (Å²) in [6.07, 6.45) is 7.53. The van der Waals surface area contributed by atoms with Gasteiger partial charge in [0.25, 0.3) is 0 Å². The first-order chi connectivity index (χ1) is 30.7. The second-order valence-corrected chi connectivity index (χ2v) is 16.9. The number of rotatable bonds is 7. The fourth-order valence-corrected chi connectivity index (χ4v) is 10.1. The summed E-state index contributed by atoms with van der Waals surface area (Å²) in [5, 5.41) is 4.80. The summed E-state index contributed by atoms with van der Waals surface area (Å²) in [4.78, 5) is 15.4. The lowest BCUT2D eigenvalue weighted by Crippen LogP contribution is -2.08. The number of allylic oxidation sites excluding steroid dienone is 4. The number of aromatic nitrogens is 3. The minimum atomic E-state index is 0.0239. The van der Waals surface area contributed by atoms with Crippen LogP contribution in [0.4, 0.5) is 0 Å². The molecule has 11 aromatic rings. The van der Waals surface area contributed by atoms with Gasteiger partial charge in [0.1, 0.15) is 17.0 Å². The third-order valence-corrected chi connectivity index (χ3v) is 13.2. The van der Waals surface area contributed by atoms with E-state index < -0.39 is 0 Å². The van der Waals surface area contributed by atoms with E-state index in [2.05, 4.69) is 200 Å². The van der Waals surface area contributed by atoms with Crippen LogP contribution in [0.3, 0.4) is 0 Å². The molecule has 8 aromatic carbocycles. The first-order valence-electron chi connectivity index (χ1n) is 21.0. The lowest BCUT2D eigenvalue weighted by atomic mass is 9.92. The van der Waals surface area contributed by atoms with Crippen LogP contribution in [0.2, 0.25) is 0 Å². The fraction of sp³-hybridized carbons (Fsp3) is 0.0351. The molecule has 0 aliphatic heterocycles. The predicted molar refractivity (Wildman–Crippen MR) is 258 cm³/mol. The van der Waals surface area contributed by atoms with Crippen LogP contribution in [-0.2, 0) is 0 Å². The van der Waals surface area contributed by atoms with Crippen LogP contribution in [0.25, 0.3) is 104 Å². The van der Waals surface area contributed by atoms with Crippen molar-refractivity contribution < 1.29 is 4.42 Å².